The number of ether oxygens (including phenoxy) is 1. The van der Waals surface area contributed by atoms with E-state index in [9.17, 15) is 0 Å². The number of nitrogens with two attached hydrogens (primary N) is 1. The molecule has 4 nitrogen and oxygen atoms in total. The van der Waals surface area contributed by atoms with Gasteiger partial charge in [-0.3, -0.25) is 0 Å². The summed E-state index contributed by atoms with van der Waals surface area (Å²) in [4.78, 5) is 6.81. The van der Waals surface area contributed by atoms with Crippen molar-refractivity contribution >= 4 is 29.9 Å². The van der Waals surface area contributed by atoms with Crippen LogP contribution in [0, 0.1) is 11.8 Å². The van der Waals surface area contributed by atoms with Crippen LogP contribution in [-0.4, -0.2) is 43.2 Å². The summed E-state index contributed by atoms with van der Waals surface area (Å²) in [6, 6.07) is 0.535. The van der Waals surface area contributed by atoms with Crippen LogP contribution in [0.4, 0.5) is 0 Å². The van der Waals surface area contributed by atoms with Crippen LogP contribution in [-0.2, 0) is 4.74 Å². The molecule has 0 aromatic heterocycles. The summed E-state index contributed by atoms with van der Waals surface area (Å²) in [5, 5.41) is 0. The van der Waals surface area contributed by atoms with Gasteiger partial charge in [-0.05, 0) is 18.3 Å². The molecule has 3 aliphatic rings. The van der Waals surface area contributed by atoms with Crippen LogP contribution in [0.3, 0.4) is 0 Å². The molecule has 0 aromatic rings. The molecule has 3 fully saturated rings. The standard InChI is InChI=1S/C12H21N3O.HI/c13-12(15-4-6-16-7-5-15)14-11-8-10(11)9-2-1-3-9;/h9-11H,1-8H2,(H2,13,14);1H/t10-,11+;/m0./s1. The first-order valence-electron chi connectivity index (χ1n) is 6.50. The monoisotopic (exact) mass is 351 g/mol. The van der Waals surface area contributed by atoms with Crippen molar-refractivity contribution in [2.45, 2.75) is 31.7 Å². The summed E-state index contributed by atoms with van der Waals surface area (Å²) in [5.74, 6) is 2.56. The Kier molecular flexibility index (Phi) is 4.52. The van der Waals surface area contributed by atoms with Crippen molar-refractivity contribution in [2.75, 3.05) is 26.3 Å². The van der Waals surface area contributed by atoms with Crippen molar-refractivity contribution in [3.05, 3.63) is 0 Å². The zero-order valence-electron chi connectivity index (χ0n) is 10.2. The van der Waals surface area contributed by atoms with Gasteiger partial charge < -0.3 is 15.4 Å². The predicted octanol–water partition coefficient (Wildman–Crippen LogP) is 1.44. The first kappa shape index (κ1) is 13.4. The summed E-state index contributed by atoms with van der Waals surface area (Å²) in [6.07, 6.45) is 5.55. The SMILES string of the molecule is I.NC(=N[C@@H]1C[C@H]1C1CCC1)N1CCOCC1. The molecule has 0 radical (unpaired) electrons. The van der Waals surface area contributed by atoms with Crippen LogP contribution in [0.15, 0.2) is 4.99 Å². The van der Waals surface area contributed by atoms with E-state index in [0.29, 0.717) is 6.04 Å². The maximum absolute atomic E-state index is 6.03. The number of rotatable bonds is 2. The molecule has 2 atom stereocenters. The van der Waals surface area contributed by atoms with Gasteiger partial charge in [0.05, 0.1) is 19.3 Å². The summed E-state index contributed by atoms with van der Waals surface area (Å²) in [5.41, 5.74) is 6.03. The fraction of sp³-hybridized carbons (Fsp3) is 0.917. The van der Waals surface area contributed by atoms with Crippen LogP contribution in [0.1, 0.15) is 25.7 Å². The topological polar surface area (TPSA) is 50.8 Å². The van der Waals surface area contributed by atoms with Crippen molar-refractivity contribution in [1.82, 2.24) is 4.90 Å². The molecule has 0 bridgehead atoms. The second-order valence-electron chi connectivity index (χ2n) is 5.24. The lowest BCUT2D eigenvalue weighted by atomic mass is 9.81. The molecule has 2 saturated carbocycles. The fourth-order valence-electron chi connectivity index (χ4n) is 2.77. The Morgan fingerprint density at radius 1 is 1.24 bits per heavy atom. The second kappa shape index (κ2) is 5.73. The van der Waals surface area contributed by atoms with Crippen molar-refractivity contribution < 1.29 is 4.74 Å². The van der Waals surface area contributed by atoms with Gasteiger partial charge in [0.25, 0.3) is 0 Å². The summed E-state index contributed by atoms with van der Waals surface area (Å²) in [6.45, 7) is 3.37. The minimum absolute atomic E-state index is 0. The molecular formula is C12H22IN3O. The van der Waals surface area contributed by atoms with Crippen molar-refractivity contribution in [3.63, 3.8) is 0 Å². The zero-order valence-corrected chi connectivity index (χ0v) is 12.5. The van der Waals surface area contributed by atoms with Gasteiger partial charge in [-0.2, -0.15) is 0 Å². The largest absolute Gasteiger partial charge is 0.378 e. The van der Waals surface area contributed by atoms with Gasteiger partial charge in [0.1, 0.15) is 0 Å². The third-order valence-electron chi connectivity index (χ3n) is 4.19. The number of morpholine rings is 1. The Labute approximate surface area is 120 Å². The highest BCUT2D eigenvalue weighted by Crippen LogP contribution is 2.48. The Balaban J connectivity index is 0.00000108. The molecule has 5 heteroatoms. The van der Waals surface area contributed by atoms with Crippen LogP contribution in [0.25, 0.3) is 0 Å². The van der Waals surface area contributed by atoms with E-state index in [1.807, 2.05) is 0 Å². The zero-order chi connectivity index (χ0) is 11.0. The number of hydrogen-bond donors (Lipinski definition) is 1. The second-order valence-corrected chi connectivity index (χ2v) is 5.24. The van der Waals surface area contributed by atoms with E-state index in [2.05, 4.69) is 9.89 Å². The quantitative estimate of drug-likeness (QED) is 0.465. The normalized spacial score (nSPS) is 33.9. The van der Waals surface area contributed by atoms with Crippen molar-refractivity contribution in [1.29, 1.82) is 0 Å². The van der Waals surface area contributed by atoms with Crippen molar-refractivity contribution in [3.8, 4) is 0 Å². The highest BCUT2D eigenvalue weighted by molar-refractivity contribution is 14.0. The lowest BCUT2D eigenvalue weighted by Crippen LogP contribution is -2.45. The first-order chi connectivity index (χ1) is 7.84. The lowest BCUT2D eigenvalue weighted by Gasteiger charge is -2.28. The third kappa shape index (κ3) is 3.05. The van der Waals surface area contributed by atoms with E-state index >= 15 is 0 Å². The highest BCUT2D eigenvalue weighted by atomic mass is 127. The Bertz CT molecular complexity index is 287. The summed E-state index contributed by atoms with van der Waals surface area (Å²) in [7, 11) is 0. The molecular weight excluding hydrogens is 329 g/mol. The molecule has 98 valence electrons. The molecule has 3 rings (SSSR count). The molecule has 1 aliphatic heterocycles. The molecule has 1 heterocycles. The van der Waals surface area contributed by atoms with Gasteiger partial charge in [-0.1, -0.05) is 19.3 Å². The van der Waals surface area contributed by atoms with Gasteiger partial charge in [0.15, 0.2) is 5.96 Å². The van der Waals surface area contributed by atoms with Gasteiger partial charge in [-0.25, -0.2) is 4.99 Å². The maximum atomic E-state index is 6.03. The van der Waals surface area contributed by atoms with Crippen LogP contribution in [0.2, 0.25) is 0 Å². The van der Waals surface area contributed by atoms with Gasteiger partial charge in [0, 0.05) is 13.1 Å². The number of nitrogens with zero attached hydrogens (tertiary/aromatic N) is 2. The smallest absolute Gasteiger partial charge is 0.191 e. The van der Waals surface area contributed by atoms with Crippen LogP contribution >= 0.6 is 24.0 Å². The van der Waals surface area contributed by atoms with E-state index in [4.69, 9.17) is 10.5 Å². The van der Waals surface area contributed by atoms with Crippen LogP contribution < -0.4 is 5.73 Å². The van der Waals surface area contributed by atoms with Gasteiger partial charge in [0.2, 0.25) is 0 Å². The molecule has 17 heavy (non-hydrogen) atoms. The molecule has 0 aromatic carbocycles. The Morgan fingerprint density at radius 2 is 1.94 bits per heavy atom. The molecule has 0 spiro atoms. The van der Waals surface area contributed by atoms with Crippen LogP contribution in [0.5, 0.6) is 0 Å². The maximum Gasteiger partial charge on any atom is 0.191 e. The molecule has 0 unspecified atom stereocenters. The molecule has 0 amide bonds. The third-order valence-corrected chi connectivity index (χ3v) is 4.19. The predicted molar refractivity (Wildman–Crippen MR) is 78.7 cm³/mol. The van der Waals surface area contributed by atoms with Gasteiger partial charge >= 0.3 is 0 Å². The van der Waals surface area contributed by atoms with E-state index in [1.54, 1.807) is 0 Å². The molecule has 1 saturated heterocycles. The highest BCUT2D eigenvalue weighted by Gasteiger charge is 2.45. The first-order valence-corrected chi connectivity index (χ1v) is 6.50. The molecule has 2 aliphatic carbocycles. The lowest BCUT2D eigenvalue weighted by molar-refractivity contribution is 0.0673. The minimum Gasteiger partial charge on any atom is -0.378 e. The number of hydrogen-bond acceptors (Lipinski definition) is 2. The minimum atomic E-state index is 0. The van der Waals surface area contributed by atoms with Gasteiger partial charge in [-0.15, -0.1) is 24.0 Å². The fourth-order valence-corrected chi connectivity index (χ4v) is 2.77. The number of aliphatic imine (C=N–C) groups is 1. The number of guanidine groups is 1. The Hall–Kier alpha value is -0.0400. The average Bonchev–Trinajstić information content (AvgIpc) is 2.96. The van der Waals surface area contributed by atoms with E-state index in [1.165, 1.54) is 25.7 Å². The van der Waals surface area contributed by atoms with E-state index < -0.39 is 0 Å². The Morgan fingerprint density at radius 3 is 2.53 bits per heavy atom. The summed E-state index contributed by atoms with van der Waals surface area (Å²) < 4.78 is 5.30. The number of halogens is 1. The van der Waals surface area contributed by atoms with E-state index in [-0.39, 0.29) is 24.0 Å². The molecule has 2 N–H and O–H groups in total. The summed E-state index contributed by atoms with van der Waals surface area (Å²) >= 11 is 0. The van der Waals surface area contributed by atoms with E-state index in [0.717, 1.165) is 44.1 Å². The average molecular weight is 351 g/mol. The van der Waals surface area contributed by atoms with Crippen molar-refractivity contribution in [2.24, 2.45) is 22.6 Å².